The quantitative estimate of drug-likeness (QED) is 0.348. The van der Waals surface area contributed by atoms with Crippen molar-refractivity contribution in [1.82, 2.24) is 0 Å². The van der Waals surface area contributed by atoms with Crippen molar-refractivity contribution in [2.75, 3.05) is 0 Å². The minimum Gasteiger partial charge on any atom is -0.458 e. The molecule has 3 heteroatoms. The molecule has 0 unspecified atom stereocenters. The maximum atomic E-state index is 6.15. The average Bonchev–Trinajstić information content (AvgIpc) is 2.08. The lowest BCUT2D eigenvalue weighted by atomic mass is 10.1. The molecule has 0 aliphatic heterocycles. The van der Waals surface area contributed by atoms with E-state index in [9.17, 15) is 0 Å². The van der Waals surface area contributed by atoms with Crippen LogP contribution in [0.1, 0.15) is 39.5 Å². The third-order valence-electron chi connectivity index (χ3n) is 2.59. The molecule has 0 amide bonds. The first-order chi connectivity index (χ1) is 7.33. The Hall–Kier alpha value is 0.134. The van der Waals surface area contributed by atoms with Gasteiger partial charge in [-0.2, -0.15) is 0 Å². The van der Waals surface area contributed by atoms with Crippen molar-refractivity contribution in [3.63, 3.8) is 0 Å². The van der Waals surface area contributed by atoms with E-state index in [0.717, 1.165) is 0 Å². The molecule has 0 saturated heterocycles. The van der Waals surface area contributed by atoms with Crippen LogP contribution in [-0.4, -0.2) is 17.4 Å². The molecule has 0 radical (unpaired) electrons. The maximum Gasteiger partial charge on any atom is 0.173 e. The summed E-state index contributed by atoms with van der Waals surface area (Å²) in [4.78, 5) is 0. The Morgan fingerprint density at radius 2 is 1.75 bits per heavy atom. The van der Waals surface area contributed by atoms with Crippen LogP contribution in [-0.2, 0) is 4.12 Å². The summed E-state index contributed by atoms with van der Waals surface area (Å²) >= 11 is 0. The van der Waals surface area contributed by atoms with Gasteiger partial charge in [-0.25, -0.2) is 0 Å². The minimum atomic E-state index is -1.30. The third kappa shape index (κ3) is 10.6. The second-order valence-corrected chi connectivity index (χ2v) is 12.9. The van der Waals surface area contributed by atoms with Crippen LogP contribution in [0.25, 0.3) is 0 Å². The molecule has 0 aromatic carbocycles. The number of rotatable bonds is 8. The second-order valence-electron chi connectivity index (χ2n) is 5.81. The lowest BCUT2D eigenvalue weighted by Gasteiger charge is -2.25. The molecule has 16 heavy (non-hydrogen) atoms. The number of unbranched alkanes of at least 4 members (excludes halogenated alkanes) is 3. The molecule has 0 rings (SSSR count). The van der Waals surface area contributed by atoms with E-state index in [-0.39, 0.29) is 0 Å². The van der Waals surface area contributed by atoms with Crippen LogP contribution >= 0.6 is 0 Å². The summed E-state index contributed by atoms with van der Waals surface area (Å²) in [5, 5.41) is 0. The van der Waals surface area contributed by atoms with Gasteiger partial charge in [0.25, 0.3) is 0 Å². The molecular formula is C13H30OSi2. The summed E-state index contributed by atoms with van der Waals surface area (Å²) in [7, 11) is -2.12. The van der Waals surface area contributed by atoms with E-state index in [1.165, 1.54) is 37.3 Å². The van der Waals surface area contributed by atoms with Crippen LogP contribution in [0.15, 0.2) is 11.6 Å². The van der Waals surface area contributed by atoms with E-state index >= 15 is 0 Å². The molecule has 0 fully saturated rings. The molecule has 0 atom stereocenters. The van der Waals surface area contributed by atoms with Gasteiger partial charge in [-0.15, -0.1) is 0 Å². The molecule has 0 spiro atoms. The Bertz CT molecular complexity index is 206. The van der Waals surface area contributed by atoms with Gasteiger partial charge in [0.2, 0.25) is 0 Å². The minimum absolute atomic E-state index is 0.822. The second kappa shape index (κ2) is 8.26. The van der Waals surface area contributed by atoms with Crippen molar-refractivity contribution in [1.29, 1.82) is 0 Å². The van der Waals surface area contributed by atoms with Gasteiger partial charge in [-0.05, 0) is 58.9 Å². The highest BCUT2D eigenvalue weighted by Gasteiger charge is 2.22. The molecule has 0 aliphatic rings. The van der Waals surface area contributed by atoms with E-state index in [1.54, 1.807) is 0 Å². The smallest absolute Gasteiger partial charge is 0.173 e. The van der Waals surface area contributed by atoms with Gasteiger partial charge in [0, 0.05) is 0 Å². The Labute approximate surface area is 105 Å². The fourth-order valence-corrected chi connectivity index (χ4v) is 8.64. The van der Waals surface area contributed by atoms with Crippen molar-refractivity contribution in [3.8, 4) is 0 Å². The Balaban J connectivity index is 3.54. The molecular weight excluding hydrogens is 228 g/mol. The van der Waals surface area contributed by atoms with Crippen molar-refractivity contribution < 1.29 is 4.12 Å². The highest BCUT2D eigenvalue weighted by molar-refractivity contribution is 6.77. The van der Waals surface area contributed by atoms with Gasteiger partial charge in [0.05, 0.1) is 0 Å². The highest BCUT2D eigenvalue weighted by atomic mass is 28.4. The van der Waals surface area contributed by atoms with Crippen molar-refractivity contribution in [3.05, 3.63) is 11.6 Å². The van der Waals surface area contributed by atoms with E-state index in [4.69, 9.17) is 4.12 Å². The number of hydrogen-bond donors (Lipinski definition) is 0. The first-order valence-corrected chi connectivity index (χ1v) is 12.5. The lowest BCUT2D eigenvalue weighted by molar-refractivity contribution is 0.560. The molecule has 1 nitrogen and oxygen atoms in total. The highest BCUT2D eigenvalue weighted by Crippen LogP contribution is 2.17. The zero-order valence-electron chi connectivity index (χ0n) is 12.1. The van der Waals surface area contributed by atoms with Crippen LogP contribution in [0.4, 0.5) is 0 Å². The SMILES string of the molecule is CC(C)=CCCCCC[Si](C)(C)O[SiH](C)C. The summed E-state index contributed by atoms with van der Waals surface area (Å²) < 4.78 is 6.15. The molecule has 0 aromatic heterocycles. The first-order valence-electron chi connectivity index (χ1n) is 6.65. The molecule has 0 aromatic rings. The Morgan fingerprint density at radius 1 is 1.12 bits per heavy atom. The fraction of sp³-hybridized carbons (Fsp3) is 0.846. The predicted molar refractivity (Wildman–Crippen MR) is 80.2 cm³/mol. The zero-order chi connectivity index (χ0) is 12.6. The van der Waals surface area contributed by atoms with Gasteiger partial charge >= 0.3 is 0 Å². The van der Waals surface area contributed by atoms with Gasteiger partial charge in [-0.3, -0.25) is 0 Å². The Morgan fingerprint density at radius 3 is 2.25 bits per heavy atom. The topological polar surface area (TPSA) is 9.23 Å². The van der Waals surface area contributed by atoms with E-state index in [0.29, 0.717) is 0 Å². The van der Waals surface area contributed by atoms with Gasteiger partial charge < -0.3 is 4.12 Å². The van der Waals surface area contributed by atoms with Crippen molar-refractivity contribution in [2.24, 2.45) is 0 Å². The number of hydrogen-bond acceptors (Lipinski definition) is 1. The van der Waals surface area contributed by atoms with Gasteiger partial charge in [0.15, 0.2) is 17.4 Å². The maximum absolute atomic E-state index is 6.15. The molecule has 0 N–H and O–H groups in total. The molecule has 0 heterocycles. The summed E-state index contributed by atoms with van der Waals surface area (Å²) in [6.45, 7) is 13.7. The fourth-order valence-electron chi connectivity index (χ4n) is 1.96. The zero-order valence-corrected chi connectivity index (χ0v) is 14.3. The van der Waals surface area contributed by atoms with E-state index in [1.807, 2.05) is 0 Å². The summed E-state index contributed by atoms with van der Waals surface area (Å²) in [5.74, 6) is 0. The van der Waals surface area contributed by atoms with Gasteiger partial charge in [0.1, 0.15) is 0 Å². The standard InChI is InChI=1S/C13H30OSi2/c1-13(2)11-9-7-8-10-12-16(5,6)14-15(3)4/h11,15H,7-10,12H2,1-6H3. The van der Waals surface area contributed by atoms with Crippen molar-refractivity contribution in [2.45, 2.75) is 71.8 Å². The summed E-state index contributed by atoms with van der Waals surface area (Å²) in [5.41, 5.74) is 1.45. The molecule has 0 saturated carbocycles. The molecule has 0 aliphatic carbocycles. The summed E-state index contributed by atoms with van der Waals surface area (Å²) in [6, 6.07) is 1.34. The largest absolute Gasteiger partial charge is 0.458 e. The normalized spacial score (nSPS) is 11.9. The molecule has 0 bridgehead atoms. The van der Waals surface area contributed by atoms with E-state index < -0.39 is 17.4 Å². The first kappa shape index (κ1) is 16.1. The van der Waals surface area contributed by atoms with E-state index in [2.05, 4.69) is 46.1 Å². The van der Waals surface area contributed by atoms with Crippen LogP contribution in [0.2, 0.25) is 32.2 Å². The van der Waals surface area contributed by atoms with Crippen molar-refractivity contribution >= 4 is 17.4 Å². The van der Waals surface area contributed by atoms with Gasteiger partial charge in [-0.1, -0.05) is 24.5 Å². The molecule has 96 valence electrons. The monoisotopic (exact) mass is 258 g/mol. The van der Waals surface area contributed by atoms with Crippen LogP contribution < -0.4 is 0 Å². The van der Waals surface area contributed by atoms with Crippen LogP contribution in [0.3, 0.4) is 0 Å². The van der Waals surface area contributed by atoms with Crippen LogP contribution in [0, 0.1) is 0 Å². The summed E-state index contributed by atoms with van der Waals surface area (Å²) in [6.07, 6.45) is 7.67. The Kier molecular flexibility index (Phi) is 8.33. The predicted octanol–water partition coefficient (Wildman–Crippen LogP) is 4.72. The number of allylic oxidation sites excluding steroid dienone is 2. The average molecular weight is 259 g/mol. The third-order valence-corrected chi connectivity index (χ3v) is 8.59. The van der Waals surface area contributed by atoms with Crippen LogP contribution in [0.5, 0.6) is 0 Å². The lowest BCUT2D eigenvalue weighted by Crippen LogP contribution is -2.34.